The number of halogens is 1. The van der Waals surface area contributed by atoms with E-state index < -0.39 is 12.1 Å². The molecule has 2 heterocycles. The van der Waals surface area contributed by atoms with E-state index in [4.69, 9.17) is 28.0 Å². The lowest BCUT2D eigenvalue weighted by Crippen LogP contribution is -2.30. The van der Waals surface area contributed by atoms with Gasteiger partial charge in [0.2, 0.25) is 5.91 Å². The van der Waals surface area contributed by atoms with Crippen molar-refractivity contribution in [3.63, 3.8) is 0 Å². The Morgan fingerprint density at radius 1 is 1.22 bits per heavy atom. The number of aromatic nitrogens is 2. The van der Waals surface area contributed by atoms with Crippen LogP contribution in [0.3, 0.4) is 0 Å². The number of carbonyl (C=O) groups is 2. The summed E-state index contributed by atoms with van der Waals surface area (Å²) in [7, 11) is 1.33. The second-order valence-electron chi connectivity index (χ2n) is 9.39. The number of hydrogen-bond donors (Lipinski definition) is 5. The molecule has 214 valence electrons. The SMILES string of the molecule is COC(=O)Nc1ccc2c(c1)CCCC/C=C/C[C@H](NC(=O)/C=C/c1cc(Cl)ccc1N(N)/C=N\N)c1ncc-2[nH]1. The molecule has 11 nitrogen and oxygen atoms in total. The van der Waals surface area contributed by atoms with Crippen LogP contribution in [0.4, 0.5) is 16.2 Å². The largest absolute Gasteiger partial charge is 0.453 e. The van der Waals surface area contributed by atoms with Crippen LogP contribution in [-0.2, 0) is 16.0 Å². The molecule has 0 saturated heterocycles. The van der Waals surface area contributed by atoms with E-state index in [1.54, 1.807) is 30.5 Å². The van der Waals surface area contributed by atoms with Gasteiger partial charge in [-0.1, -0.05) is 29.8 Å². The summed E-state index contributed by atoms with van der Waals surface area (Å²) in [6.45, 7) is 0. The van der Waals surface area contributed by atoms with Crippen LogP contribution in [0.15, 0.2) is 65.9 Å². The number of hydrazine groups is 1. The molecular formula is C29H33ClN8O3. The fraction of sp³-hybridized carbons (Fsp3) is 0.241. The third kappa shape index (κ3) is 7.96. The molecule has 0 spiro atoms. The molecule has 2 bridgehead atoms. The van der Waals surface area contributed by atoms with E-state index >= 15 is 0 Å². The summed E-state index contributed by atoms with van der Waals surface area (Å²) in [6.07, 6.45) is 14.0. The number of anilines is 2. The van der Waals surface area contributed by atoms with Crippen LogP contribution in [-0.4, -0.2) is 35.4 Å². The summed E-state index contributed by atoms with van der Waals surface area (Å²) in [5, 5.41) is 10.9. The Kier molecular flexibility index (Phi) is 10.1. The van der Waals surface area contributed by atoms with Crippen LogP contribution < -0.4 is 27.3 Å². The molecule has 2 amide bonds. The molecule has 0 radical (unpaired) electrons. The number of hydrogen-bond acceptors (Lipinski definition) is 7. The summed E-state index contributed by atoms with van der Waals surface area (Å²) in [5.41, 5.74) is 4.72. The molecule has 7 N–H and O–H groups in total. The molecule has 12 heteroatoms. The fourth-order valence-electron chi connectivity index (χ4n) is 4.54. The maximum Gasteiger partial charge on any atom is 0.411 e. The summed E-state index contributed by atoms with van der Waals surface area (Å²) in [6, 6.07) is 10.4. The number of hydrazone groups is 1. The topological polar surface area (TPSA) is 164 Å². The van der Waals surface area contributed by atoms with Gasteiger partial charge in [-0.05, 0) is 74.1 Å². The van der Waals surface area contributed by atoms with Gasteiger partial charge in [0.25, 0.3) is 0 Å². The molecule has 2 aromatic carbocycles. The third-order valence-electron chi connectivity index (χ3n) is 6.55. The molecule has 1 aromatic heterocycles. The summed E-state index contributed by atoms with van der Waals surface area (Å²) in [5.74, 6) is 11.5. The predicted molar refractivity (Wildman–Crippen MR) is 162 cm³/mol. The maximum atomic E-state index is 13.0. The van der Waals surface area contributed by atoms with E-state index in [9.17, 15) is 9.59 Å². The van der Waals surface area contributed by atoms with Gasteiger partial charge in [-0.2, -0.15) is 5.10 Å². The van der Waals surface area contributed by atoms with Gasteiger partial charge in [0.05, 0.1) is 30.7 Å². The first-order valence-corrected chi connectivity index (χ1v) is 13.5. The van der Waals surface area contributed by atoms with Gasteiger partial charge in [0.15, 0.2) is 0 Å². The van der Waals surface area contributed by atoms with Gasteiger partial charge >= 0.3 is 6.09 Å². The highest BCUT2D eigenvalue weighted by Gasteiger charge is 2.18. The Hall–Kier alpha value is -4.61. The van der Waals surface area contributed by atoms with E-state index in [0.29, 0.717) is 34.2 Å². The summed E-state index contributed by atoms with van der Waals surface area (Å²) in [4.78, 5) is 32.8. The number of benzene rings is 2. The lowest BCUT2D eigenvalue weighted by molar-refractivity contribution is -0.117. The van der Waals surface area contributed by atoms with Crippen LogP contribution in [0.2, 0.25) is 5.02 Å². The van der Waals surface area contributed by atoms with Crippen molar-refractivity contribution in [3.8, 4) is 11.3 Å². The predicted octanol–water partition coefficient (Wildman–Crippen LogP) is 5.03. The first kappa shape index (κ1) is 29.4. The normalized spacial score (nSPS) is 16.2. The number of rotatable bonds is 6. The van der Waals surface area contributed by atoms with Crippen LogP contribution in [0.25, 0.3) is 17.3 Å². The zero-order valence-electron chi connectivity index (χ0n) is 22.6. The first-order valence-electron chi connectivity index (χ1n) is 13.1. The average molecular weight is 577 g/mol. The van der Waals surface area contributed by atoms with E-state index in [1.165, 1.54) is 24.5 Å². The lowest BCUT2D eigenvalue weighted by Gasteiger charge is -2.16. The monoisotopic (exact) mass is 576 g/mol. The standard InChI is InChI=1S/C29H33ClN8O3/c1-41-29(40)35-22-11-12-23-19(16-22)7-5-3-2-4-6-8-24(28-33-17-25(23)37-28)36-27(39)14-9-20-15-21(30)10-13-26(20)38(32)18-34-31/h4,6,9-18,24H,2-3,5,7-8,31-32H2,1H3,(H,33,37)(H,35,40)(H,36,39)/b6-4+,14-9+,34-18-/t24-/m0/s1. The average Bonchev–Trinajstić information content (AvgIpc) is 3.45. The van der Waals surface area contributed by atoms with Crippen LogP contribution in [0.5, 0.6) is 0 Å². The number of aryl methyl sites for hydroxylation is 1. The van der Waals surface area contributed by atoms with Gasteiger partial charge in [0.1, 0.15) is 12.2 Å². The maximum absolute atomic E-state index is 13.0. The number of H-pyrrole nitrogens is 1. The van der Waals surface area contributed by atoms with Gasteiger partial charge in [-0.25, -0.2) is 15.6 Å². The molecule has 1 aliphatic rings. The number of nitrogens with two attached hydrogens (primary N) is 2. The highest BCUT2D eigenvalue weighted by Crippen LogP contribution is 2.29. The number of fused-ring (bicyclic) bond motifs is 4. The molecule has 1 atom stereocenters. The Labute approximate surface area is 243 Å². The number of nitrogens with zero attached hydrogens (tertiary/aromatic N) is 3. The number of imidazole rings is 1. The summed E-state index contributed by atoms with van der Waals surface area (Å²) < 4.78 is 4.73. The molecule has 3 aromatic rings. The van der Waals surface area contributed by atoms with E-state index in [0.717, 1.165) is 42.5 Å². The third-order valence-corrected chi connectivity index (χ3v) is 6.78. The Bertz CT molecular complexity index is 1470. The number of methoxy groups -OCH3 is 1. The highest BCUT2D eigenvalue weighted by atomic mass is 35.5. The number of aromatic amines is 1. The van der Waals surface area contributed by atoms with E-state index in [1.807, 2.05) is 18.2 Å². The van der Waals surface area contributed by atoms with Crippen molar-refractivity contribution >= 4 is 47.4 Å². The summed E-state index contributed by atoms with van der Waals surface area (Å²) >= 11 is 6.17. The number of nitrogens with one attached hydrogen (secondary N) is 3. The number of carbonyl (C=O) groups excluding carboxylic acids is 2. The molecule has 4 rings (SSSR count). The first-order chi connectivity index (χ1) is 19.9. The number of allylic oxidation sites excluding steroid dienone is 1. The second-order valence-corrected chi connectivity index (χ2v) is 9.83. The van der Waals surface area contributed by atoms with Crippen molar-refractivity contribution in [1.29, 1.82) is 0 Å². The molecule has 0 saturated carbocycles. The highest BCUT2D eigenvalue weighted by molar-refractivity contribution is 6.30. The molecule has 41 heavy (non-hydrogen) atoms. The molecular weight excluding hydrogens is 544 g/mol. The second kappa shape index (κ2) is 14.1. The molecule has 0 fully saturated rings. The van der Waals surface area contributed by atoms with Crippen molar-refractivity contribution in [2.24, 2.45) is 16.8 Å². The molecule has 0 aliphatic carbocycles. The Morgan fingerprint density at radius 2 is 2.07 bits per heavy atom. The zero-order valence-corrected chi connectivity index (χ0v) is 23.4. The molecule has 1 aliphatic heterocycles. The smallest absolute Gasteiger partial charge is 0.411 e. The van der Waals surface area contributed by atoms with Crippen LogP contribution >= 0.6 is 11.6 Å². The Morgan fingerprint density at radius 3 is 2.88 bits per heavy atom. The van der Waals surface area contributed by atoms with Gasteiger partial charge in [-0.15, -0.1) is 0 Å². The van der Waals surface area contributed by atoms with Crippen molar-refractivity contribution < 1.29 is 14.3 Å². The fourth-order valence-corrected chi connectivity index (χ4v) is 4.72. The van der Waals surface area contributed by atoms with E-state index in [-0.39, 0.29) is 5.91 Å². The number of amides is 2. The van der Waals surface area contributed by atoms with Crippen LogP contribution in [0.1, 0.15) is 48.7 Å². The minimum Gasteiger partial charge on any atom is -0.453 e. The van der Waals surface area contributed by atoms with Gasteiger partial charge < -0.3 is 20.9 Å². The van der Waals surface area contributed by atoms with Crippen molar-refractivity contribution in [3.05, 3.63) is 82.8 Å². The van der Waals surface area contributed by atoms with Crippen molar-refractivity contribution in [2.45, 2.75) is 38.1 Å². The van der Waals surface area contributed by atoms with Crippen molar-refractivity contribution in [2.75, 3.05) is 17.4 Å². The van der Waals surface area contributed by atoms with Gasteiger partial charge in [-0.3, -0.25) is 15.1 Å². The van der Waals surface area contributed by atoms with E-state index in [2.05, 4.69) is 37.9 Å². The zero-order chi connectivity index (χ0) is 29.2. The Balaban J connectivity index is 1.58. The number of ether oxygens (including phenoxy) is 1. The minimum absolute atomic E-state index is 0.313. The van der Waals surface area contributed by atoms with Crippen LogP contribution in [0, 0.1) is 0 Å². The lowest BCUT2D eigenvalue weighted by atomic mass is 9.98. The quantitative estimate of drug-likeness (QED) is 0.0685. The molecule has 0 unspecified atom stereocenters. The van der Waals surface area contributed by atoms with Gasteiger partial charge in [0, 0.05) is 27.9 Å². The van der Waals surface area contributed by atoms with Crippen molar-refractivity contribution in [1.82, 2.24) is 15.3 Å². The minimum atomic E-state index is -0.521.